The third-order valence-corrected chi connectivity index (χ3v) is 6.28. The smallest absolute Gasteiger partial charge is 0.162 e. The average molecular weight is 433 g/mol. The maximum absolute atomic E-state index is 13.3. The van der Waals surface area contributed by atoms with E-state index in [0.29, 0.717) is 6.42 Å². The molecule has 0 spiro atoms. The number of anilines is 1. The normalized spacial score (nSPS) is 20.5. The van der Waals surface area contributed by atoms with Gasteiger partial charge in [-0.05, 0) is 53.3 Å². The number of halogens is 1. The molecule has 2 aliphatic rings. The number of hydrogen-bond acceptors (Lipinski definition) is 3. The molecule has 0 amide bonds. The van der Waals surface area contributed by atoms with Crippen molar-refractivity contribution in [2.24, 2.45) is 5.41 Å². The number of benzene rings is 2. The molecule has 140 valence electrons. The Labute approximate surface area is 173 Å². The highest BCUT2D eigenvalue weighted by Gasteiger charge is 2.41. The maximum Gasteiger partial charge on any atom is 0.162 e. The Morgan fingerprint density at radius 2 is 1.96 bits per heavy atom. The highest BCUT2D eigenvalue weighted by molar-refractivity contribution is 9.10. The van der Waals surface area contributed by atoms with Gasteiger partial charge >= 0.3 is 0 Å². The maximum atomic E-state index is 13.3. The van der Waals surface area contributed by atoms with Crippen molar-refractivity contribution in [3.63, 3.8) is 0 Å². The van der Waals surface area contributed by atoms with Crippen LogP contribution in [0.15, 0.2) is 70.5 Å². The van der Waals surface area contributed by atoms with Crippen molar-refractivity contribution in [2.75, 3.05) is 5.32 Å². The fourth-order valence-electron chi connectivity index (χ4n) is 4.70. The molecule has 0 saturated carbocycles. The Bertz CT molecular complexity index is 1160. The van der Waals surface area contributed by atoms with Gasteiger partial charge in [0.15, 0.2) is 5.78 Å². The Hall–Kier alpha value is -2.46. The summed E-state index contributed by atoms with van der Waals surface area (Å²) in [7, 11) is 0. The van der Waals surface area contributed by atoms with Crippen molar-refractivity contribution in [3.8, 4) is 0 Å². The van der Waals surface area contributed by atoms with Crippen LogP contribution in [0.1, 0.15) is 43.7 Å². The molecule has 28 heavy (non-hydrogen) atoms. The van der Waals surface area contributed by atoms with E-state index in [1.54, 1.807) is 0 Å². The molecule has 3 aromatic rings. The molecular weight excluding hydrogens is 412 g/mol. The van der Waals surface area contributed by atoms with E-state index in [9.17, 15) is 4.79 Å². The number of nitrogens with zero attached hydrogens (tertiary/aromatic N) is 1. The molecule has 0 unspecified atom stereocenters. The standard InChI is InChI=1S/C24H21BrN2O/c1-24(2)12-19-23(20(28)13-24)21(14-5-3-6-15(25)11-14)22-16-7-4-10-26-17(16)8-9-18(22)27-19/h3-11,21,27H,12-13H2,1-2H3/t21-/m1/s1. The van der Waals surface area contributed by atoms with Gasteiger partial charge in [0, 0.05) is 45.4 Å². The van der Waals surface area contributed by atoms with Crippen molar-refractivity contribution in [1.29, 1.82) is 0 Å². The minimum atomic E-state index is -0.0831. The topological polar surface area (TPSA) is 42.0 Å². The van der Waals surface area contributed by atoms with Crippen LogP contribution in [0.5, 0.6) is 0 Å². The Balaban J connectivity index is 1.83. The van der Waals surface area contributed by atoms with E-state index in [4.69, 9.17) is 0 Å². The van der Waals surface area contributed by atoms with Gasteiger partial charge in [0.2, 0.25) is 0 Å². The van der Waals surface area contributed by atoms with Crippen LogP contribution < -0.4 is 5.32 Å². The predicted molar refractivity (Wildman–Crippen MR) is 116 cm³/mol. The van der Waals surface area contributed by atoms with E-state index in [-0.39, 0.29) is 17.1 Å². The van der Waals surface area contributed by atoms with Crippen LogP contribution in [0.2, 0.25) is 0 Å². The highest BCUT2D eigenvalue weighted by atomic mass is 79.9. The van der Waals surface area contributed by atoms with E-state index in [2.05, 4.69) is 70.4 Å². The lowest BCUT2D eigenvalue weighted by Gasteiger charge is -2.40. The molecule has 3 nitrogen and oxygen atoms in total. The van der Waals surface area contributed by atoms with Crippen LogP contribution in [0, 0.1) is 5.41 Å². The summed E-state index contributed by atoms with van der Waals surface area (Å²) in [4.78, 5) is 17.9. The van der Waals surface area contributed by atoms with Crippen LogP contribution in [0.3, 0.4) is 0 Å². The Morgan fingerprint density at radius 3 is 2.79 bits per heavy atom. The van der Waals surface area contributed by atoms with Crippen molar-refractivity contribution in [1.82, 2.24) is 4.98 Å². The van der Waals surface area contributed by atoms with Crippen LogP contribution >= 0.6 is 15.9 Å². The summed E-state index contributed by atoms with van der Waals surface area (Å²) < 4.78 is 1.02. The molecule has 2 heterocycles. The molecule has 0 bridgehead atoms. The second kappa shape index (κ2) is 6.28. The third kappa shape index (κ3) is 2.78. The lowest BCUT2D eigenvalue weighted by atomic mass is 9.68. The van der Waals surface area contributed by atoms with Gasteiger partial charge in [-0.3, -0.25) is 9.78 Å². The molecule has 4 heteroatoms. The zero-order valence-corrected chi connectivity index (χ0v) is 17.5. The number of aromatic nitrogens is 1. The molecule has 1 aliphatic carbocycles. The zero-order valence-electron chi connectivity index (χ0n) is 15.9. The number of Topliss-reactive ketones (excluding diaryl/α,β-unsaturated/α-hetero) is 1. The first-order valence-electron chi connectivity index (χ1n) is 9.59. The lowest BCUT2D eigenvalue weighted by molar-refractivity contribution is -0.118. The van der Waals surface area contributed by atoms with Gasteiger partial charge in [0.25, 0.3) is 0 Å². The zero-order chi connectivity index (χ0) is 19.5. The van der Waals surface area contributed by atoms with E-state index in [1.165, 1.54) is 0 Å². The first-order valence-corrected chi connectivity index (χ1v) is 10.4. The second-order valence-corrected chi connectivity index (χ2v) is 9.46. The van der Waals surface area contributed by atoms with Crippen LogP contribution in [0.25, 0.3) is 10.9 Å². The Morgan fingerprint density at radius 1 is 1.11 bits per heavy atom. The fraction of sp³-hybridized carbons (Fsp3) is 0.250. The first kappa shape index (κ1) is 17.6. The second-order valence-electron chi connectivity index (χ2n) is 8.54. The molecular formula is C24H21BrN2O. The Kier molecular flexibility index (Phi) is 3.95. The minimum Gasteiger partial charge on any atom is -0.358 e. The summed E-state index contributed by atoms with van der Waals surface area (Å²) in [6.45, 7) is 4.34. The third-order valence-electron chi connectivity index (χ3n) is 5.79. The lowest BCUT2D eigenvalue weighted by Crippen LogP contribution is -2.33. The number of hydrogen-bond donors (Lipinski definition) is 1. The summed E-state index contributed by atoms with van der Waals surface area (Å²) >= 11 is 3.61. The summed E-state index contributed by atoms with van der Waals surface area (Å²) in [5, 5.41) is 4.71. The highest BCUT2D eigenvalue weighted by Crippen LogP contribution is 2.50. The average Bonchev–Trinajstić information content (AvgIpc) is 2.65. The van der Waals surface area contributed by atoms with Crippen molar-refractivity contribution in [3.05, 3.63) is 81.6 Å². The predicted octanol–water partition coefficient (Wildman–Crippen LogP) is 6.20. The molecule has 2 aromatic carbocycles. The molecule has 0 saturated heterocycles. The molecule has 1 aliphatic heterocycles. The van der Waals surface area contributed by atoms with Gasteiger partial charge < -0.3 is 5.32 Å². The molecule has 5 rings (SSSR count). The SMILES string of the molecule is CC1(C)CC(=O)C2=C(C1)Nc1ccc3ncccc3c1[C@H]2c1cccc(Br)c1. The minimum absolute atomic E-state index is 0.0271. The molecule has 1 atom stereocenters. The van der Waals surface area contributed by atoms with Gasteiger partial charge in [-0.2, -0.15) is 0 Å². The van der Waals surface area contributed by atoms with Crippen molar-refractivity contribution in [2.45, 2.75) is 32.6 Å². The fourth-order valence-corrected chi connectivity index (χ4v) is 5.12. The molecule has 1 aromatic heterocycles. The monoisotopic (exact) mass is 432 g/mol. The first-order chi connectivity index (χ1) is 13.4. The summed E-state index contributed by atoms with van der Waals surface area (Å²) in [6.07, 6.45) is 3.28. The van der Waals surface area contributed by atoms with Crippen LogP contribution in [0.4, 0.5) is 5.69 Å². The number of carbonyl (C=O) groups is 1. The van der Waals surface area contributed by atoms with Crippen LogP contribution in [-0.2, 0) is 4.79 Å². The number of carbonyl (C=O) groups excluding carboxylic acids is 1. The number of ketones is 1. The van der Waals surface area contributed by atoms with E-state index in [0.717, 1.165) is 49.9 Å². The largest absolute Gasteiger partial charge is 0.358 e. The number of allylic oxidation sites excluding steroid dienone is 2. The number of nitrogens with one attached hydrogen (secondary N) is 1. The molecule has 1 N–H and O–H groups in total. The summed E-state index contributed by atoms with van der Waals surface area (Å²) in [5.74, 6) is 0.163. The quantitative estimate of drug-likeness (QED) is 0.497. The van der Waals surface area contributed by atoms with Crippen LogP contribution in [-0.4, -0.2) is 10.8 Å². The van der Waals surface area contributed by atoms with Gasteiger partial charge in [0.05, 0.1) is 5.52 Å². The van der Waals surface area contributed by atoms with Gasteiger partial charge in [0.1, 0.15) is 0 Å². The summed E-state index contributed by atoms with van der Waals surface area (Å²) in [5.41, 5.74) is 6.28. The van der Waals surface area contributed by atoms with E-state index in [1.807, 2.05) is 24.4 Å². The number of pyridine rings is 1. The number of rotatable bonds is 1. The van der Waals surface area contributed by atoms with Gasteiger partial charge in [-0.25, -0.2) is 0 Å². The van der Waals surface area contributed by atoms with Crippen molar-refractivity contribution < 1.29 is 4.79 Å². The van der Waals surface area contributed by atoms with Gasteiger partial charge in [-0.15, -0.1) is 0 Å². The van der Waals surface area contributed by atoms with E-state index < -0.39 is 0 Å². The van der Waals surface area contributed by atoms with Crippen molar-refractivity contribution >= 4 is 38.3 Å². The summed E-state index contributed by atoms with van der Waals surface area (Å²) in [6, 6.07) is 16.6. The van der Waals surface area contributed by atoms with E-state index >= 15 is 0 Å². The van der Waals surface area contributed by atoms with Gasteiger partial charge in [-0.1, -0.05) is 48.0 Å². The number of fused-ring (bicyclic) bond motifs is 3. The molecule has 0 radical (unpaired) electrons. The molecule has 0 fully saturated rings.